The summed E-state index contributed by atoms with van der Waals surface area (Å²) in [4.78, 5) is 17.3. The molecule has 0 saturated carbocycles. The number of halogens is 1. The van der Waals surface area contributed by atoms with Gasteiger partial charge in [0.15, 0.2) is 0 Å². The lowest BCUT2D eigenvalue weighted by molar-refractivity contribution is 0.0697. The van der Waals surface area contributed by atoms with Gasteiger partial charge in [-0.1, -0.05) is 24.9 Å². The van der Waals surface area contributed by atoms with Crippen LogP contribution in [0.3, 0.4) is 0 Å². The third-order valence-electron chi connectivity index (χ3n) is 3.23. The van der Waals surface area contributed by atoms with Crippen LogP contribution >= 0.6 is 11.6 Å². The van der Waals surface area contributed by atoms with E-state index < -0.39 is 5.97 Å². The van der Waals surface area contributed by atoms with Crippen molar-refractivity contribution in [1.29, 1.82) is 0 Å². The number of hydrogen-bond acceptors (Lipinski definition) is 3. The van der Waals surface area contributed by atoms with Crippen molar-refractivity contribution in [3.8, 4) is 0 Å². The normalized spacial score (nSPS) is 19.6. The third-order valence-corrected chi connectivity index (χ3v) is 3.44. The number of carboxylic acids is 1. The molecule has 0 spiro atoms. The zero-order valence-electron chi connectivity index (χ0n) is 9.69. The van der Waals surface area contributed by atoms with Gasteiger partial charge >= 0.3 is 5.97 Å². The fourth-order valence-electron chi connectivity index (χ4n) is 2.19. The first-order chi connectivity index (χ1) is 8.11. The fraction of sp³-hybridized carbons (Fsp3) is 0.500. The Hall–Kier alpha value is -1.29. The molecule has 0 bridgehead atoms. The molecule has 2 heterocycles. The van der Waals surface area contributed by atoms with Crippen molar-refractivity contribution in [2.45, 2.75) is 19.8 Å². The number of aromatic nitrogens is 1. The van der Waals surface area contributed by atoms with Crippen LogP contribution in [-0.4, -0.2) is 29.1 Å². The average molecular weight is 255 g/mol. The summed E-state index contributed by atoms with van der Waals surface area (Å²) >= 11 is 5.84. The topological polar surface area (TPSA) is 53.4 Å². The highest BCUT2D eigenvalue weighted by Gasteiger charge is 2.25. The van der Waals surface area contributed by atoms with Crippen molar-refractivity contribution in [1.82, 2.24) is 4.98 Å². The predicted molar refractivity (Wildman–Crippen MR) is 66.8 cm³/mol. The second kappa shape index (κ2) is 4.92. The van der Waals surface area contributed by atoms with E-state index in [0.29, 0.717) is 16.9 Å². The quantitative estimate of drug-likeness (QED) is 0.843. The van der Waals surface area contributed by atoms with E-state index in [0.717, 1.165) is 25.9 Å². The Labute approximate surface area is 105 Å². The summed E-state index contributed by atoms with van der Waals surface area (Å²) < 4.78 is 0. The molecule has 0 radical (unpaired) electrons. The van der Waals surface area contributed by atoms with Crippen LogP contribution in [0.2, 0.25) is 5.15 Å². The number of carboxylic acid groups (broad SMARTS) is 1. The minimum Gasteiger partial charge on any atom is -0.478 e. The molecule has 1 N–H and O–H groups in total. The summed E-state index contributed by atoms with van der Waals surface area (Å²) in [5.41, 5.74) is 0.228. The van der Waals surface area contributed by atoms with E-state index >= 15 is 0 Å². The predicted octanol–water partition coefficient (Wildman–Crippen LogP) is 2.67. The summed E-state index contributed by atoms with van der Waals surface area (Å²) in [6.07, 6.45) is 2.20. The van der Waals surface area contributed by atoms with E-state index in [1.165, 1.54) is 12.1 Å². The Bertz CT molecular complexity index is 437. The minimum absolute atomic E-state index is 0.228. The van der Waals surface area contributed by atoms with Crippen molar-refractivity contribution < 1.29 is 9.90 Å². The van der Waals surface area contributed by atoms with Gasteiger partial charge in [-0.25, -0.2) is 9.78 Å². The fourth-order valence-corrected chi connectivity index (χ4v) is 2.33. The zero-order chi connectivity index (χ0) is 12.4. The van der Waals surface area contributed by atoms with E-state index in [-0.39, 0.29) is 5.56 Å². The van der Waals surface area contributed by atoms with Gasteiger partial charge in [-0.3, -0.25) is 0 Å². The summed E-state index contributed by atoms with van der Waals surface area (Å²) in [6.45, 7) is 3.87. The second-order valence-electron chi connectivity index (χ2n) is 4.32. The number of nitrogens with zero attached hydrogens (tertiary/aromatic N) is 2. The Balaban J connectivity index is 2.31. The highest BCUT2D eigenvalue weighted by molar-refractivity contribution is 6.29. The molecule has 5 heteroatoms. The highest BCUT2D eigenvalue weighted by Crippen LogP contribution is 2.28. The van der Waals surface area contributed by atoms with Gasteiger partial charge in [0.05, 0.1) is 0 Å². The van der Waals surface area contributed by atoms with E-state index in [1.54, 1.807) is 0 Å². The van der Waals surface area contributed by atoms with Gasteiger partial charge in [0.1, 0.15) is 16.5 Å². The molecule has 1 aromatic rings. The van der Waals surface area contributed by atoms with Gasteiger partial charge in [0.25, 0.3) is 0 Å². The van der Waals surface area contributed by atoms with Crippen LogP contribution in [0.4, 0.5) is 5.82 Å². The van der Waals surface area contributed by atoms with E-state index in [4.69, 9.17) is 16.7 Å². The first-order valence-electron chi connectivity index (χ1n) is 5.76. The molecular formula is C12H15ClN2O2. The van der Waals surface area contributed by atoms with Crippen LogP contribution in [0, 0.1) is 5.92 Å². The van der Waals surface area contributed by atoms with E-state index in [9.17, 15) is 4.79 Å². The van der Waals surface area contributed by atoms with Crippen molar-refractivity contribution in [3.63, 3.8) is 0 Å². The molecule has 1 atom stereocenters. The molecule has 1 fully saturated rings. The molecule has 1 aromatic heterocycles. The van der Waals surface area contributed by atoms with E-state index in [2.05, 4.69) is 11.9 Å². The molecule has 0 aromatic carbocycles. The maximum atomic E-state index is 11.1. The summed E-state index contributed by atoms with van der Waals surface area (Å²) in [6, 6.07) is 3.04. The Kier molecular flexibility index (Phi) is 3.52. The van der Waals surface area contributed by atoms with Gasteiger partial charge < -0.3 is 10.0 Å². The smallest absolute Gasteiger partial charge is 0.339 e. The standard InChI is InChI=1S/C12H15ClN2O2/c1-2-8-5-6-15(7-8)11-9(12(16)17)3-4-10(13)14-11/h3-4,8H,2,5-7H2,1H3,(H,16,17). The number of hydrogen-bond donors (Lipinski definition) is 1. The van der Waals surface area contributed by atoms with Crippen molar-refractivity contribution in [3.05, 3.63) is 22.8 Å². The summed E-state index contributed by atoms with van der Waals surface area (Å²) in [5.74, 6) is 0.169. The van der Waals surface area contributed by atoms with Crippen LogP contribution in [-0.2, 0) is 0 Å². The number of rotatable bonds is 3. The summed E-state index contributed by atoms with van der Waals surface area (Å²) in [7, 11) is 0. The van der Waals surface area contributed by atoms with Crippen LogP contribution in [0.1, 0.15) is 30.1 Å². The number of pyridine rings is 1. The zero-order valence-corrected chi connectivity index (χ0v) is 10.4. The Morgan fingerprint density at radius 3 is 3.00 bits per heavy atom. The Morgan fingerprint density at radius 1 is 1.65 bits per heavy atom. The molecule has 0 amide bonds. The van der Waals surface area contributed by atoms with Crippen molar-refractivity contribution in [2.75, 3.05) is 18.0 Å². The Morgan fingerprint density at radius 2 is 2.41 bits per heavy atom. The van der Waals surface area contributed by atoms with Gasteiger partial charge in [0, 0.05) is 13.1 Å². The minimum atomic E-state index is -0.955. The first-order valence-corrected chi connectivity index (χ1v) is 6.14. The largest absolute Gasteiger partial charge is 0.478 e. The van der Waals surface area contributed by atoms with Gasteiger partial charge in [-0.2, -0.15) is 0 Å². The molecule has 1 aliphatic heterocycles. The monoisotopic (exact) mass is 254 g/mol. The molecule has 4 nitrogen and oxygen atoms in total. The van der Waals surface area contributed by atoms with Gasteiger partial charge in [0.2, 0.25) is 0 Å². The molecule has 2 rings (SSSR count). The molecule has 0 aliphatic carbocycles. The SMILES string of the molecule is CCC1CCN(c2nc(Cl)ccc2C(=O)O)C1. The lowest BCUT2D eigenvalue weighted by Gasteiger charge is -2.19. The van der Waals surface area contributed by atoms with Crippen LogP contribution < -0.4 is 4.90 Å². The highest BCUT2D eigenvalue weighted by atomic mass is 35.5. The molecular weight excluding hydrogens is 240 g/mol. The number of carbonyl (C=O) groups is 1. The molecule has 92 valence electrons. The summed E-state index contributed by atoms with van der Waals surface area (Å²) in [5, 5.41) is 9.47. The van der Waals surface area contributed by atoms with Crippen LogP contribution in [0.25, 0.3) is 0 Å². The molecule has 17 heavy (non-hydrogen) atoms. The average Bonchev–Trinajstić information content (AvgIpc) is 2.76. The lowest BCUT2D eigenvalue weighted by Crippen LogP contribution is -2.23. The van der Waals surface area contributed by atoms with Crippen molar-refractivity contribution in [2.24, 2.45) is 5.92 Å². The van der Waals surface area contributed by atoms with Gasteiger partial charge in [-0.15, -0.1) is 0 Å². The maximum Gasteiger partial charge on any atom is 0.339 e. The second-order valence-corrected chi connectivity index (χ2v) is 4.71. The third kappa shape index (κ3) is 2.52. The lowest BCUT2D eigenvalue weighted by atomic mass is 10.1. The molecule has 1 saturated heterocycles. The van der Waals surface area contributed by atoms with Crippen LogP contribution in [0.15, 0.2) is 12.1 Å². The number of anilines is 1. The van der Waals surface area contributed by atoms with Crippen LogP contribution in [0.5, 0.6) is 0 Å². The van der Waals surface area contributed by atoms with E-state index in [1.807, 2.05) is 4.90 Å². The van der Waals surface area contributed by atoms with Gasteiger partial charge in [-0.05, 0) is 24.5 Å². The molecule has 1 unspecified atom stereocenters. The number of aromatic carboxylic acids is 1. The van der Waals surface area contributed by atoms with Crippen molar-refractivity contribution >= 4 is 23.4 Å². The molecule has 1 aliphatic rings. The first kappa shape index (κ1) is 12.2. The maximum absolute atomic E-state index is 11.1.